The molecule has 1 aliphatic heterocycles. The van der Waals surface area contributed by atoms with Gasteiger partial charge in [-0.25, -0.2) is 4.98 Å². The number of hydrogen-bond donors (Lipinski definition) is 2. The molecule has 0 aliphatic carbocycles. The number of aromatic nitrogens is 1. The molecule has 3 nitrogen and oxygen atoms in total. The summed E-state index contributed by atoms with van der Waals surface area (Å²) in [5, 5.41) is 6.67. The second kappa shape index (κ2) is 2.66. The first-order chi connectivity index (χ1) is 5.77. The number of anilines is 2. The van der Waals surface area contributed by atoms with Gasteiger partial charge in [-0.3, -0.25) is 0 Å². The van der Waals surface area contributed by atoms with Gasteiger partial charge in [-0.1, -0.05) is 13.8 Å². The van der Waals surface area contributed by atoms with Crippen LogP contribution in [-0.2, 0) is 0 Å². The highest BCUT2D eigenvalue weighted by molar-refractivity contribution is 5.69. The molecular formula is C9H13N3. The first-order valence-electron chi connectivity index (χ1n) is 4.25. The van der Waals surface area contributed by atoms with E-state index >= 15 is 0 Å². The van der Waals surface area contributed by atoms with Crippen LogP contribution in [0.1, 0.15) is 13.8 Å². The molecule has 1 aromatic rings. The fourth-order valence-electron chi connectivity index (χ4n) is 1.32. The van der Waals surface area contributed by atoms with Gasteiger partial charge in [-0.05, 0) is 18.1 Å². The average Bonchev–Trinajstić information content (AvgIpc) is 2.46. The van der Waals surface area contributed by atoms with Gasteiger partial charge in [-0.2, -0.15) is 0 Å². The maximum atomic E-state index is 4.22. The summed E-state index contributed by atoms with van der Waals surface area (Å²) in [6.07, 6.45) is 2.13. The minimum absolute atomic E-state index is 0.329. The highest BCUT2D eigenvalue weighted by Crippen LogP contribution is 2.27. The molecule has 0 saturated carbocycles. The Bertz CT molecular complexity index is 258. The fraction of sp³-hybridized carbons (Fsp3) is 0.444. The molecule has 0 amide bonds. The van der Waals surface area contributed by atoms with Gasteiger partial charge in [0.25, 0.3) is 0 Å². The van der Waals surface area contributed by atoms with Crippen LogP contribution < -0.4 is 10.6 Å². The van der Waals surface area contributed by atoms with Crippen molar-refractivity contribution in [3.05, 3.63) is 18.3 Å². The van der Waals surface area contributed by atoms with Crippen molar-refractivity contribution in [1.82, 2.24) is 4.98 Å². The van der Waals surface area contributed by atoms with E-state index in [1.807, 2.05) is 12.1 Å². The van der Waals surface area contributed by atoms with E-state index in [4.69, 9.17) is 0 Å². The molecule has 1 unspecified atom stereocenters. The van der Waals surface area contributed by atoms with Crippen LogP contribution in [-0.4, -0.2) is 11.1 Å². The van der Waals surface area contributed by atoms with Gasteiger partial charge in [-0.15, -0.1) is 0 Å². The Labute approximate surface area is 72.2 Å². The summed E-state index contributed by atoms with van der Waals surface area (Å²) in [5.74, 6) is 1.54. The Morgan fingerprint density at radius 1 is 1.42 bits per heavy atom. The van der Waals surface area contributed by atoms with Crippen molar-refractivity contribution in [2.45, 2.75) is 20.0 Å². The van der Waals surface area contributed by atoms with Gasteiger partial charge in [0.15, 0.2) is 5.82 Å². The Morgan fingerprint density at radius 2 is 2.25 bits per heavy atom. The molecule has 0 radical (unpaired) electrons. The molecule has 0 aromatic carbocycles. The minimum atomic E-state index is 0.329. The number of hydrogen-bond acceptors (Lipinski definition) is 3. The van der Waals surface area contributed by atoms with E-state index in [2.05, 4.69) is 29.5 Å². The number of nitrogens with zero attached hydrogens (tertiary/aromatic N) is 1. The monoisotopic (exact) mass is 163 g/mol. The molecule has 1 atom stereocenters. The van der Waals surface area contributed by atoms with E-state index in [1.54, 1.807) is 6.20 Å². The quantitative estimate of drug-likeness (QED) is 0.664. The Kier molecular flexibility index (Phi) is 1.64. The lowest BCUT2D eigenvalue weighted by molar-refractivity contribution is 0.580. The van der Waals surface area contributed by atoms with Crippen molar-refractivity contribution >= 4 is 11.5 Å². The molecular weight excluding hydrogens is 150 g/mol. The number of rotatable bonds is 1. The molecule has 64 valence electrons. The van der Waals surface area contributed by atoms with E-state index in [9.17, 15) is 0 Å². The predicted molar refractivity (Wildman–Crippen MR) is 50.1 cm³/mol. The Balaban J connectivity index is 2.22. The van der Waals surface area contributed by atoms with Crippen molar-refractivity contribution in [2.24, 2.45) is 5.92 Å². The van der Waals surface area contributed by atoms with Crippen LogP contribution in [0.4, 0.5) is 11.5 Å². The molecule has 1 aliphatic rings. The molecule has 2 N–H and O–H groups in total. The van der Waals surface area contributed by atoms with Gasteiger partial charge in [0.1, 0.15) is 6.17 Å². The van der Waals surface area contributed by atoms with Crippen LogP contribution in [0.2, 0.25) is 0 Å². The Hall–Kier alpha value is -1.25. The maximum Gasteiger partial charge on any atom is 0.151 e. The number of nitrogens with one attached hydrogen (secondary N) is 2. The van der Waals surface area contributed by atoms with Crippen molar-refractivity contribution in [2.75, 3.05) is 10.6 Å². The second-order valence-electron chi connectivity index (χ2n) is 3.41. The fourth-order valence-corrected chi connectivity index (χ4v) is 1.32. The van der Waals surface area contributed by atoms with Crippen molar-refractivity contribution < 1.29 is 0 Å². The van der Waals surface area contributed by atoms with Gasteiger partial charge in [0.05, 0.1) is 5.69 Å². The lowest BCUT2D eigenvalue weighted by Gasteiger charge is -2.15. The standard InChI is InChI=1S/C9H13N3/c1-6(2)8-11-7-4-3-5-10-9(7)12-8/h3-6,8,11H,1-2H3,(H,10,12). The molecule has 1 aromatic heterocycles. The third-order valence-electron chi connectivity index (χ3n) is 2.08. The van der Waals surface area contributed by atoms with Crippen LogP contribution in [0, 0.1) is 5.92 Å². The summed E-state index contributed by atoms with van der Waals surface area (Å²) in [5.41, 5.74) is 1.11. The molecule has 0 spiro atoms. The second-order valence-corrected chi connectivity index (χ2v) is 3.41. The predicted octanol–water partition coefficient (Wildman–Crippen LogP) is 1.90. The summed E-state index contributed by atoms with van der Waals surface area (Å²) in [4.78, 5) is 4.22. The Morgan fingerprint density at radius 3 is 2.92 bits per heavy atom. The lowest BCUT2D eigenvalue weighted by Crippen LogP contribution is -2.28. The molecule has 0 bridgehead atoms. The minimum Gasteiger partial charge on any atom is -0.362 e. The highest BCUT2D eigenvalue weighted by atomic mass is 15.2. The molecule has 2 heterocycles. The van der Waals surface area contributed by atoms with E-state index in [0.717, 1.165) is 11.5 Å². The SMILES string of the molecule is CC(C)C1Nc2cccnc2N1. The smallest absolute Gasteiger partial charge is 0.151 e. The first kappa shape index (κ1) is 7.40. The topological polar surface area (TPSA) is 37.0 Å². The van der Waals surface area contributed by atoms with Gasteiger partial charge in [0, 0.05) is 6.20 Å². The van der Waals surface area contributed by atoms with Gasteiger partial charge >= 0.3 is 0 Å². The summed E-state index contributed by atoms with van der Waals surface area (Å²) < 4.78 is 0. The zero-order chi connectivity index (χ0) is 8.55. The van der Waals surface area contributed by atoms with E-state index in [-0.39, 0.29) is 0 Å². The van der Waals surface area contributed by atoms with Gasteiger partial charge in [0.2, 0.25) is 0 Å². The largest absolute Gasteiger partial charge is 0.362 e. The van der Waals surface area contributed by atoms with E-state index < -0.39 is 0 Å². The van der Waals surface area contributed by atoms with E-state index in [0.29, 0.717) is 12.1 Å². The van der Waals surface area contributed by atoms with Crippen molar-refractivity contribution in [1.29, 1.82) is 0 Å². The molecule has 12 heavy (non-hydrogen) atoms. The maximum absolute atomic E-state index is 4.22. The summed E-state index contributed by atoms with van der Waals surface area (Å²) >= 11 is 0. The highest BCUT2D eigenvalue weighted by Gasteiger charge is 2.21. The van der Waals surface area contributed by atoms with Crippen molar-refractivity contribution in [3.63, 3.8) is 0 Å². The lowest BCUT2D eigenvalue weighted by atomic mass is 10.2. The summed E-state index contributed by atoms with van der Waals surface area (Å²) in [6.45, 7) is 4.35. The van der Waals surface area contributed by atoms with Crippen LogP contribution in [0.25, 0.3) is 0 Å². The molecule has 0 saturated heterocycles. The van der Waals surface area contributed by atoms with Gasteiger partial charge < -0.3 is 10.6 Å². The summed E-state index contributed by atoms with van der Waals surface area (Å²) in [7, 11) is 0. The third-order valence-corrected chi connectivity index (χ3v) is 2.08. The van der Waals surface area contributed by atoms with Crippen LogP contribution in [0.3, 0.4) is 0 Å². The first-order valence-corrected chi connectivity index (χ1v) is 4.25. The zero-order valence-electron chi connectivity index (χ0n) is 7.33. The van der Waals surface area contributed by atoms with Crippen molar-refractivity contribution in [3.8, 4) is 0 Å². The average molecular weight is 163 g/mol. The molecule has 0 fully saturated rings. The van der Waals surface area contributed by atoms with Crippen LogP contribution in [0.5, 0.6) is 0 Å². The molecule has 2 rings (SSSR count). The number of pyridine rings is 1. The van der Waals surface area contributed by atoms with Crippen LogP contribution >= 0.6 is 0 Å². The molecule has 3 heteroatoms. The van der Waals surface area contributed by atoms with Crippen LogP contribution in [0.15, 0.2) is 18.3 Å². The number of fused-ring (bicyclic) bond motifs is 1. The summed E-state index contributed by atoms with van der Waals surface area (Å²) in [6, 6.07) is 3.98. The third kappa shape index (κ3) is 1.11. The zero-order valence-corrected chi connectivity index (χ0v) is 7.33. The van der Waals surface area contributed by atoms with E-state index in [1.165, 1.54) is 0 Å². The normalized spacial score (nSPS) is 20.1.